The fraction of sp³-hybridized carbons (Fsp3) is 1.00. The molecule has 3 N–H and O–H groups in total. The van der Waals surface area contributed by atoms with E-state index in [1.807, 2.05) is 6.92 Å². The van der Waals surface area contributed by atoms with Crippen molar-refractivity contribution in [1.82, 2.24) is 0 Å². The predicted octanol–water partition coefficient (Wildman–Crippen LogP) is 2.43. The smallest absolute Gasteiger partial charge is 0.160 e. The number of ether oxygens (including phenoxy) is 1. The van der Waals surface area contributed by atoms with E-state index in [4.69, 9.17) is 9.88 Å². The highest BCUT2D eigenvalue weighted by Gasteiger charge is 2.46. The molecule has 4 nitrogen and oxygen atoms in total. The van der Waals surface area contributed by atoms with Gasteiger partial charge < -0.3 is 14.4 Å². The molecule has 0 saturated carbocycles. The van der Waals surface area contributed by atoms with Crippen LogP contribution in [0.2, 0.25) is 0 Å². The Kier molecular flexibility index (Phi) is 6.83. The zero-order chi connectivity index (χ0) is 15.5. The molecule has 0 saturated heterocycles. The maximum atomic E-state index is 10.8. The molecule has 0 radical (unpaired) electrons. The molecule has 0 rings (SSSR count). The van der Waals surface area contributed by atoms with E-state index in [0.29, 0.717) is 0 Å². The van der Waals surface area contributed by atoms with Crippen molar-refractivity contribution in [3.63, 3.8) is 0 Å². The topological polar surface area (TPSA) is 78.5 Å². The van der Waals surface area contributed by atoms with Gasteiger partial charge in [-0.05, 0) is 17.3 Å². The predicted molar refractivity (Wildman–Crippen MR) is 80.8 cm³/mol. The van der Waals surface area contributed by atoms with Gasteiger partial charge in [0.25, 0.3) is 0 Å². The van der Waals surface area contributed by atoms with Gasteiger partial charge in [-0.15, -0.1) is 0 Å². The van der Waals surface area contributed by atoms with Gasteiger partial charge >= 0.3 is 0 Å². The van der Waals surface area contributed by atoms with Gasteiger partial charge in [-0.1, -0.05) is 48.5 Å². The standard InChI is InChI=1S/C14H31NO3S/c1-12(2,3)10-14(7,13(4,5)6)11(16)18-8-9-19(15)17/h11,16H,8-10,15H2,1-7H3. The lowest BCUT2D eigenvalue weighted by molar-refractivity contribution is -0.209. The van der Waals surface area contributed by atoms with E-state index < -0.39 is 17.7 Å². The number of hydrogen-bond acceptors (Lipinski definition) is 4. The molecule has 116 valence electrons. The first-order valence-electron chi connectivity index (χ1n) is 6.72. The van der Waals surface area contributed by atoms with Crippen LogP contribution >= 0.6 is 0 Å². The van der Waals surface area contributed by atoms with Crippen LogP contribution in [-0.4, -0.2) is 28.3 Å². The second-order valence-corrected chi connectivity index (χ2v) is 8.88. The molecule has 0 aromatic carbocycles. The highest BCUT2D eigenvalue weighted by molar-refractivity contribution is 7.89. The maximum Gasteiger partial charge on any atom is 0.160 e. The fourth-order valence-corrected chi connectivity index (χ4v) is 2.51. The number of aliphatic hydroxyl groups excluding tert-OH is 1. The monoisotopic (exact) mass is 293 g/mol. The quantitative estimate of drug-likeness (QED) is 0.582. The van der Waals surface area contributed by atoms with Gasteiger partial charge in [-0.3, -0.25) is 0 Å². The molecule has 0 aliphatic heterocycles. The van der Waals surface area contributed by atoms with Gasteiger partial charge in [0.05, 0.1) is 6.61 Å². The summed E-state index contributed by atoms with van der Waals surface area (Å²) in [5.41, 5.74) is -0.411. The summed E-state index contributed by atoms with van der Waals surface area (Å²) in [6, 6.07) is 0. The summed E-state index contributed by atoms with van der Waals surface area (Å²) in [4.78, 5) is 0. The van der Waals surface area contributed by atoms with Crippen molar-refractivity contribution in [1.29, 1.82) is 0 Å². The van der Waals surface area contributed by atoms with Crippen LogP contribution < -0.4 is 5.14 Å². The summed E-state index contributed by atoms with van der Waals surface area (Å²) in [5, 5.41) is 15.6. The van der Waals surface area contributed by atoms with E-state index in [-0.39, 0.29) is 28.6 Å². The van der Waals surface area contributed by atoms with E-state index >= 15 is 0 Å². The Balaban J connectivity index is 4.85. The Morgan fingerprint density at radius 1 is 1.16 bits per heavy atom. The molecule has 0 bridgehead atoms. The molecule has 0 amide bonds. The number of nitrogens with two attached hydrogens (primary N) is 1. The van der Waals surface area contributed by atoms with Crippen molar-refractivity contribution in [3.05, 3.63) is 0 Å². The first kappa shape index (κ1) is 19.2. The third-order valence-electron chi connectivity index (χ3n) is 3.72. The van der Waals surface area contributed by atoms with Crippen molar-refractivity contribution in [2.45, 2.75) is 61.2 Å². The highest BCUT2D eigenvalue weighted by Crippen LogP contribution is 2.49. The van der Waals surface area contributed by atoms with Crippen molar-refractivity contribution in [3.8, 4) is 0 Å². The number of aliphatic hydroxyl groups is 1. The normalized spacial score (nSPS) is 19.9. The van der Waals surface area contributed by atoms with Crippen LogP contribution in [0.4, 0.5) is 0 Å². The Morgan fingerprint density at radius 3 is 1.95 bits per heavy atom. The van der Waals surface area contributed by atoms with Crippen LogP contribution in [0.25, 0.3) is 0 Å². The lowest BCUT2D eigenvalue weighted by atomic mass is 9.61. The third-order valence-corrected chi connectivity index (χ3v) is 4.29. The second kappa shape index (κ2) is 6.76. The Bertz CT molecular complexity index is 271. The molecule has 0 aliphatic rings. The van der Waals surface area contributed by atoms with E-state index in [1.165, 1.54) is 0 Å². The first-order valence-corrected chi connectivity index (χ1v) is 8.10. The molecule has 0 fully saturated rings. The number of hydrogen-bond donors (Lipinski definition) is 2. The lowest BCUT2D eigenvalue weighted by Gasteiger charge is -2.48. The van der Waals surface area contributed by atoms with Crippen molar-refractivity contribution in [2.24, 2.45) is 21.4 Å². The van der Waals surface area contributed by atoms with Crippen molar-refractivity contribution >= 4 is 11.4 Å². The molecular weight excluding hydrogens is 262 g/mol. The Labute approximate surface area is 121 Å². The van der Waals surface area contributed by atoms with E-state index in [1.54, 1.807) is 0 Å². The summed E-state index contributed by atoms with van der Waals surface area (Å²) in [5.74, 6) is 0.243. The van der Waals surface area contributed by atoms with Crippen LogP contribution in [0.1, 0.15) is 54.9 Å². The lowest BCUT2D eigenvalue weighted by Crippen LogP contribution is -2.47. The first-order chi connectivity index (χ1) is 8.29. The van der Waals surface area contributed by atoms with Gasteiger partial charge in [0.15, 0.2) is 6.29 Å². The summed E-state index contributed by atoms with van der Waals surface area (Å²) in [6.07, 6.45) is -0.0635. The molecule has 3 atom stereocenters. The highest BCUT2D eigenvalue weighted by atomic mass is 32.2. The van der Waals surface area contributed by atoms with Crippen molar-refractivity contribution < 1.29 is 14.4 Å². The average Bonchev–Trinajstić information content (AvgIpc) is 2.12. The molecule has 0 aromatic heterocycles. The summed E-state index contributed by atoms with van der Waals surface area (Å²) in [7, 11) is 0. The molecule has 19 heavy (non-hydrogen) atoms. The molecule has 0 aliphatic carbocycles. The van der Waals surface area contributed by atoms with Crippen LogP contribution in [0.5, 0.6) is 0 Å². The zero-order valence-electron chi connectivity index (χ0n) is 13.4. The zero-order valence-corrected chi connectivity index (χ0v) is 14.3. The Hall–Kier alpha value is 0.190. The van der Waals surface area contributed by atoms with E-state index in [2.05, 4.69) is 41.5 Å². The maximum absolute atomic E-state index is 10.8. The number of rotatable bonds is 6. The van der Waals surface area contributed by atoms with Crippen LogP contribution in [0, 0.1) is 16.2 Å². The molecule has 0 aromatic rings. The molecular formula is C14H31NO3S. The molecule has 5 heteroatoms. The summed E-state index contributed by atoms with van der Waals surface area (Å²) in [6.45, 7) is 15.0. The van der Waals surface area contributed by atoms with Gasteiger partial charge in [-0.25, -0.2) is 0 Å². The average molecular weight is 293 g/mol. The third kappa shape index (κ3) is 6.45. The summed E-state index contributed by atoms with van der Waals surface area (Å²) >= 11 is -1.39. The van der Waals surface area contributed by atoms with Crippen LogP contribution in [0.3, 0.4) is 0 Å². The van der Waals surface area contributed by atoms with Gasteiger partial charge in [0.2, 0.25) is 0 Å². The minimum absolute atomic E-state index is 0.0864. The van der Waals surface area contributed by atoms with E-state index in [0.717, 1.165) is 6.42 Å². The Morgan fingerprint density at radius 2 is 1.63 bits per heavy atom. The van der Waals surface area contributed by atoms with Gasteiger partial charge in [0.1, 0.15) is 5.75 Å². The molecule has 3 unspecified atom stereocenters. The second-order valence-electron chi connectivity index (χ2n) is 7.71. The summed E-state index contributed by atoms with van der Waals surface area (Å²) < 4.78 is 16.3. The molecule has 0 spiro atoms. The minimum Gasteiger partial charge on any atom is -0.598 e. The largest absolute Gasteiger partial charge is 0.598 e. The molecule has 0 heterocycles. The van der Waals surface area contributed by atoms with Gasteiger partial charge in [-0.2, -0.15) is 5.14 Å². The van der Waals surface area contributed by atoms with E-state index in [9.17, 15) is 9.66 Å². The van der Waals surface area contributed by atoms with Crippen LogP contribution in [-0.2, 0) is 16.1 Å². The fourth-order valence-electron chi connectivity index (χ4n) is 2.25. The van der Waals surface area contributed by atoms with Crippen LogP contribution in [0.15, 0.2) is 0 Å². The van der Waals surface area contributed by atoms with Crippen molar-refractivity contribution in [2.75, 3.05) is 12.4 Å². The SMILES string of the molecule is CC(C)(C)CC(C)(C(O)OCC[S+](N)[O-])C(C)(C)C. The van der Waals surface area contributed by atoms with Gasteiger partial charge in [0, 0.05) is 16.8 Å². The minimum atomic E-state index is -1.39.